The molecular formula is C12H14ClN. The van der Waals surface area contributed by atoms with Gasteiger partial charge in [-0.1, -0.05) is 17.7 Å². The van der Waals surface area contributed by atoms with Gasteiger partial charge in [-0.25, -0.2) is 0 Å². The van der Waals surface area contributed by atoms with Crippen LogP contribution in [0.4, 0.5) is 0 Å². The second-order valence-electron chi connectivity index (χ2n) is 4.24. The minimum atomic E-state index is 0.610. The number of rotatable bonds is 1. The number of fused-ring (bicyclic) bond motifs is 1. The molecule has 0 radical (unpaired) electrons. The fourth-order valence-electron chi connectivity index (χ4n) is 2.57. The summed E-state index contributed by atoms with van der Waals surface area (Å²) in [6, 6.07) is 4.89. The van der Waals surface area contributed by atoms with Crippen molar-refractivity contribution in [2.75, 3.05) is 6.54 Å². The standard InChI is InChI=1S/C12H14ClN/c13-11-5-4-10(12-6-7-14-12)8-2-1-3-9(8)11/h4-5,12,14H,1-3,6-7H2/t12-/m0/s1. The molecule has 1 aromatic carbocycles. The van der Waals surface area contributed by atoms with Crippen molar-refractivity contribution < 1.29 is 0 Å². The Bertz CT molecular complexity index is 369. The quantitative estimate of drug-likeness (QED) is 0.747. The summed E-state index contributed by atoms with van der Waals surface area (Å²) in [5.41, 5.74) is 4.46. The predicted molar refractivity (Wildman–Crippen MR) is 58.8 cm³/mol. The van der Waals surface area contributed by atoms with Crippen LogP contribution in [-0.4, -0.2) is 6.54 Å². The third-order valence-corrected chi connectivity index (χ3v) is 3.82. The Labute approximate surface area is 89.5 Å². The molecule has 0 saturated carbocycles. The highest BCUT2D eigenvalue weighted by Gasteiger charge is 2.25. The van der Waals surface area contributed by atoms with Crippen molar-refractivity contribution in [1.82, 2.24) is 5.32 Å². The van der Waals surface area contributed by atoms with Crippen molar-refractivity contribution in [3.05, 3.63) is 33.8 Å². The van der Waals surface area contributed by atoms with Crippen LogP contribution in [0.25, 0.3) is 0 Å². The van der Waals surface area contributed by atoms with Crippen LogP contribution < -0.4 is 5.32 Å². The zero-order valence-corrected chi connectivity index (χ0v) is 8.90. The van der Waals surface area contributed by atoms with E-state index in [0.29, 0.717) is 6.04 Å². The smallest absolute Gasteiger partial charge is 0.0440 e. The highest BCUT2D eigenvalue weighted by molar-refractivity contribution is 6.31. The maximum atomic E-state index is 6.19. The normalized spacial score (nSPS) is 24.5. The molecule has 0 unspecified atom stereocenters. The zero-order chi connectivity index (χ0) is 9.54. The summed E-state index contributed by atoms with van der Waals surface area (Å²) in [7, 11) is 0. The molecule has 0 spiro atoms. The van der Waals surface area contributed by atoms with Gasteiger partial charge >= 0.3 is 0 Å². The van der Waals surface area contributed by atoms with Crippen LogP contribution in [-0.2, 0) is 12.8 Å². The Morgan fingerprint density at radius 3 is 2.71 bits per heavy atom. The molecule has 1 fully saturated rings. The van der Waals surface area contributed by atoms with Gasteiger partial charge in [0.2, 0.25) is 0 Å². The van der Waals surface area contributed by atoms with E-state index in [4.69, 9.17) is 11.6 Å². The molecule has 1 atom stereocenters. The maximum Gasteiger partial charge on any atom is 0.0440 e. The van der Waals surface area contributed by atoms with Crippen LogP contribution in [0.3, 0.4) is 0 Å². The summed E-state index contributed by atoms with van der Waals surface area (Å²) >= 11 is 6.19. The van der Waals surface area contributed by atoms with Gasteiger partial charge < -0.3 is 5.32 Å². The summed E-state index contributed by atoms with van der Waals surface area (Å²) in [5, 5.41) is 4.44. The summed E-state index contributed by atoms with van der Waals surface area (Å²) in [6.45, 7) is 1.17. The van der Waals surface area contributed by atoms with Crippen LogP contribution in [0.5, 0.6) is 0 Å². The van der Waals surface area contributed by atoms with E-state index in [1.54, 1.807) is 0 Å². The molecular weight excluding hydrogens is 194 g/mol. The van der Waals surface area contributed by atoms with Gasteiger partial charge in [-0.15, -0.1) is 0 Å². The average molecular weight is 208 g/mol. The van der Waals surface area contributed by atoms with Crippen LogP contribution >= 0.6 is 11.6 Å². The van der Waals surface area contributed by atoms with Crippen molar-refractivity contribution >= 4 is 11.6 Å². The number of hydrogen-bond donors (Lipinski definition) is 1. The molecule has 1 saturated heterocycles. The van der Waals surface area contributed by atoms with E-state index in [9.17, 15) is 0 Å². The van der Waals surface area contributed by atoms with Crippen molar-refractivity contribution in [2.24, 2.45) is 0 Å². The SMILES string of the molecule is Clc1ccc([C@@H]2CCN2)c2c1CCC2. The van der Waals surface area contributed by atoms with Crippen LogP contribution in [0.2, 0.25) is 5.02 Å². The van der Waals surface area contributed by atoms with Gasteiger partial charge in [-0.3, -0.25) is 0 Å². The fourth-order valence-corrected chi connectivity index (χ4v) is 2.84. The molecule has 0 bridgehead atoms. The van der Waals surface area contributed by atoms with E-state index >= 15 is 0 Å². The number of halogens is 1. The summed E-state index contributed by atoms with van der Waals surface area (Å²) < 4.78 is 0. The van der Waals surface area contributed by atoms with Gasteiger partial charge in [0.25, 0.3) is 0 Å². The van der Waals surface area contributed by atoms with Gasteiger partial charge in [0.15, 0.2) is 0 Å². The minimum absolute atomic E-state index is 0.610. The lowest BCUT2D eigenvalue weighted by atomic mass is 9.92. The van der Waals surface area contributed by atoms with E-state index in [-0.39, 0.29) is 0 Å². The Morgan fingerprint density at radius 1 is 1.21 bits per heavy atom. The molecule has 1 nitrogen and oxygen atoms in total. The summed E-state index contributed by atoms with van der Waals surface area (Å²) in [5.74, 6) is 0. The first-order valence-corrected chi connectivity index (χ1v) is 5.77. The molecule has 74 valence electrons. The predicted octanol–water partition coefficient (Wildman–Crippen LogP) is 2.86. The van der Waals surface area contributed by atoms with Gasteiger partial charge in [-0.05, 0) is 55.0 Å². The molecule has 2 aliphatic rings. The number of nitrogens with one attached hydrogen (secondary N) is 1. The molecule has 3 rings (SSSR count). The summed E-state index contributed by atoms with van der Waals surface area (Å²) in [4.78, 5) is 0. The average Bonchev–Trinajstić information content (AvgIpc) is 2.55. The Morgan fingerprint density at radius 2 is 2.00 bits per heavy atom. The minimum Gasteiger partial charge on any atom is -0.310 e. The van der Waals surface area contributed by atoms with Gasteiger partial charge in [0, 0.05) is 11.1 Å². The van der Waals surface area contributed by atoms with Crippen molar-refractivity contribution in [2.45, 2.75) is 31.7 Å². The highest BCUT2D eigenvalue weighted by atomic mass is 35.5. The molecule has 1 heterocycles. The van der Waals surface area contributed by atoms with E-state index < -0.39 is 0 Å². The molecule has 1 N–H and O–H groups in total. The first kappa shape index (κ1) is 8.75. The van der Waals surface area contributed by atoms with Crippen molar-refractivity contribution in [3.63, 3.8) is 0 Å². The molecule has 14 heavy (non-hydrogen) atoms. The molecule has 1 aliphatic heterocycles. The molecule has 0 amide bonds. The lowest BCUT2D eigenvalue weighted by Gasteiger charge is -2.30. The monoisotopic (exact) mass is 207 g/mol. The largest absolute Gasteiger partial charge is 0.310 e. The van der Waals surface area contributed by atoms with E-state index in [0.717, 1.165) is 5.02 Å². The highest BCUT2D eigenvalue weighted by Crippen LogP contribution is 2.36. The lowest BCUT2D eigenvalue weighted by Crippen LogP contribution is -2.35. The van der Waals surface area contributed by atoms with Gasteiger partial charge in [0.1, 0.15) is 0 Å². The third-order valence-electron chi connectivity index (χ3n) is 3.46. The summed E-state index contributed by atoms with van der Waals surface area (Å²) in [6.07, 6.45) is 4.96. The second-order valence-corrected chi connectivity index (χ2v) is 4.65. The zero-order valence-electron chi connectivity index (χ0n) is 8.15. The third kappa shape index (κ3) is 1.19. The van der Waals surface area contributed by atoms with E-state index in [2.05, 4.69) is 17.4 Å². The Hall–Kier alpha value is -0.530. The second kappa shape index (κ2) is 3.25. The van der Waals surface area contributed by atoms with E-state index in [1.807, 2.05) is 0 Å². The first-order chi connectivity index (χ1) is 6.86. The lowest BCUT2D eigenvalue weighted by molar-refractivity contribution is 0.381. The first-order valence-electron chi connectivity index (χ1n) is 5.40. The van der Waals surface area contributed by atoms with Crippen molar-refractivity contribution in [3.8, 4) is 0 Å². The van der Waals surface area contributed by atoms with Gasteiger partial charge in [-0.2, -0.15) is 0 Å². The maximum absolute atomic E-state index is 6.19. The Kier molecular flexibility index (Phi) is 2.03. The topological polar surface area (TPSA) is 12.0 Å². The van der Waals surface area contributed by atoms with Crippen LogP contribution in [0, 0.1) is 0 Å². The van der Waals surface area contributed by atoms with Crippen molar-refractivity contribution in [1.29, 1.82) is 0 Å². The number of hydrogen-bond acceptors (Lipinski definition) is 1. The van der Waals surface area contributed by atoms with E-state index in [1.165, 1.54) is 48.9 Å². The Balaban J connectivity index is 2.08. The fraction of sp³-hybridized carbons (Fsp3) is 0.500. The van der Waals surface area contributed by atoms with Crippen LogP contribution in [0.1, 0.15) is 35.6 Å². The van der Waals surface area contributed by atoms with Gasteiger partial charge in [0.05, 0.1) is 0 Å². The molecule has 1 aromatic rings. The molecule has 0 aromatic heterocycles. The van der Waals surface area contributed by atoms with Crippen LogP contribution in [0.15, 0.2) is 12.1 Å². The molecule has 1 aliphatic carbocycles. The number of benzene rings is 1. The molecule has 2 heteroatoms.